The molecule has 0 N–H and O–H groups in total. The Morgan fingerprint density at radius 1 is 0.491 bits per heavy atom. The van der Waals surface area contributed by atoms with Gasteiger partial charge in [0.25, 0.3) is 0 Å². The van der Waals surface area contributed by atoms with Crippen LogP contribution in [0.15, 0.2) is 110 Å². The minimum atomic E-state index is -0.556. The maximum absolute atomic E-state index is 12.2. The highest BCUT2D eigenvalue weighted by Gasteiger charge is 2.51. The van der Waals surface area contributed by atoms with Crippen LogP contribution in [0.4, 0.5) is 0 Å². The fourth-order valence-electron chi connectivity index (χ4n) is 6.96. The summed E-state index contributed by atoms with van der Waals surface area (Å²) in [6.07, 6.45) is 3.09. The van der Waals surface area contributed by atoms with E-state index in [9.17, 15) is 19.2 Å². The van der Waals surface area contributed by atoms with Gasteiger partial charge >= 0.3 is 23.9 Å². The molecule has 0 bridgehead atoms. The van der Waals surface area contributed by atoms with E-state index >= 15 is 0 Å². The number of esters is 4. The summed E-state index contributed by atoms with van der Waals surface area (Å²) in [7, 11) is 0. The van der Waals surface area contributed by atoms with Crippen molar-refractivity contribution < 1.29 is 47.6 Å². The summed E-state index contributed by atoms with van der Waals surface area (Å²) < 4.78 is 32.6. The molecule has 1 spiro atoms. The molecule has 0 aromatic heterocycles. The third kappa shape index (κ3) is 7.86. The fourth-order valence-corrected chi connectivity index (χ4v) is 6.96. The molecular formula is C43H40O10. The lowest BCUT2D eigenvalue weighted by Gasteiger charge is -2.30. The van der Waals surface area contributed by atoms with E-state index in [2.05, 4.69) is 73.8 Å². The van der Waals surface area contributed by atoms with Gasteiger partial charge in [-0.15, -0.1) is 0 Å². The Morgan fingerprint density at radius 2 is 0.906 bits per heavy atom. The molecular weight excluding hydrogens is 676 g/mol. The Kier molecular flexibility index (Phi) is 11.7. The predicted molar refractivity (Wildman–Crippen MR) is 196 cm³/mol. The molecule has 2 aliphatic rings. The second-order valence-electron chi connectivity index (χ2n) is 12.3. The van der Waals surface area contributed by atoms with E-state index < -0.39 is 29.3 Å². The first kappa shape index (κ1) is 36.6. The van der Waals surface area contributed by atoms with Crippen molar-refractivity contribution in [2.75, 3.05) is 39.6 Å². The van der Waals surface area contributed by atoms with Gasteiger partial charge < -0.3 is 28.4 Å². The van der Waals surface area contributed by atoms with Gasteiger partial charge in [-0.1, -0.05) is 73.8 Å². The summed E-state index contributed by atoms with van der Waals surface area (Å²) >= 11 is 0. The van der Waals surface area contributed by atoms with Crippen molar-refractivity contribution in [3.05, 3.63) is 132 Å². The SMILES string of the molecule is C=CC(=O)OCCCC(=O)OCCOc1ccc2c(c1)-c1cc(OCCOC(=O)CCCOC(=O)C=C)ccc1C21c2ccccc2-c2ccccc21. The average Bonchev–Trinajstić information content (AvgIpc) is 3.64. The van der Waals surface area contributed by atoms with Gasteiger partial charge in [-0.25, -0.2) is 9.59 Å². The number of fused-ring (bicyclic) bond motifs is 10. The van der Waals surface area contributed by atoms with Gasteiger partial charge in [-0.3, -0.25) is 9.59 Å². The van der Waals surface area contributed by atoms with Crippen LogP contribution in [0.2, 0.25) is 0 Å². The molecule has 6 rings (SSSR count). The summed E-state index contributed by atoms with van der Waals surface area (Å²) in [4.78, 5) is 46.6. The summed E-state index contributed by atoms with van der Waals surface area (Å²) in [5, 5.41) is 0. The monoisotopic (exact) mass is 716 g/mol. The zero-order valence-electron chi connectivity index (χ0n) is 29.3. The molecule has 4 aromatic rings. The van der Waals surface area contributed by atoms with Gasteiger partial charge in [0.05, 0.1) is 18.6 Å². The highest BCUT2D eigenvalue weighted by Crippen LogP contribution is 2.63. The Balaban J connectivity index is 1.17. The van der Waals surface area contributed by atoms with Crippen LogP contribution in [0.5, 0.6) is 11.5 Å². The molecule has 10 heteroatoms. The molecule has 0 unspecified atom stereocenters. The van der Waals surface area contributed by atoms with E-state index in [1.165, 1.54) is 22.3 Å². The van der Waals surface area contributed by atoms with Crippen LogP contribution in [0.25, 0.3) is 22.3 Å². The van der Waals surface area contributed by atoms with Crippen LogP contribution in [0, 0.1) is 0 Å². The smallest absolute Gasteiger partial charge is 0.330 e. The molecule has 0 amide bonds. The third-order valence-corrected chi connectivity index (χ3v) is 9.14. The number of carbonyl (C=O) groups excluding carboxylic acids is 4. The van der Waals surface area contributed by atoms with E-state index in [0.29, 0.717) is 24.3 Å². The molecule has 0 saturated carbocycles. The minimum Gasteiger partial charge on any atom is -0.490 e. The summed E-state index contributed by atoms with van der Waals surface area (Å²) in [5.74, 6) is -0.622. The van der Waals surface area contributed by atoms with Gasteiger partial charge in [0, 0.05) is 25.0 Å². The lowest BCUT2D eigenvalue weighted by molar-refractivity contribution is -0.146. The molecule has 0 saturated heterocycles. The maximum Gasteiger partial charge on any atom is 0.330 e. The maximum atomic E-state index is 12.2. The van der Waals surface area contributed by atoms with E-state index in [1.54, 1.807) is 0 Å². The third-order valence-electron chi connectivity index (χ3n) is 9.14. The first-order chi connectivity index (χ1) is 25.9. The zero-order chi connectivity index (χ0) is 37.2. The molecule has 53 heavy (non-hydrogen) atoms. The van der Waals surface area contributed by atoms with Crippen LogP contribution in [-0.4, -0.2) is 63.5 Å². The number of rotatable bonds is 18. The molecule has 0 fully saturated rings. The first-order valence-electron chi connectivity index (χ1n) is 17.5. The summed E-state index contributed by atoms with van der Waals surface area (Å²) in [5.41, 5.74) is 8.42. The molecule has 0 atom stereocenters. The van der Waals surface area contributed by atoms with Crippen LogP contribution in [0.3, 0.4) is 0 Å². The van der Waals surface area contributed by atoms with Crippen molar-refractivity contribution in [2.24, 2.45) is 0 Å². The Bertz CT molecular complexity index is 1880. The number of benzene rings is 4. The van der Waals surface area contributed by atoms with Crippen molar-refractivity contribution in [3.8, 4) is 33.8 Å². The van der Waals surface area contributed by atoms with E-state index in [4.69, 9.17) is 28.4 Å². The first-order valence-corrected chi connectivity index (χ1v) is 17.5. The number of carbonyl (C=O) groups is 4. The summed E-state index contributed by atoms with van der Waals surface area (Å²) in [6.45, 7) is 7.35. The quantitative estimate of drug-likeness (QED) is 0.0402. The highest BCUT2D eigenvalue weighted by atomic mass is 16.6. The molecule has 4 aromatic carbocycles. The fraction of sp³-hybridized carbons (Fsp3) is 0.256. The second kappa shape index (κ2) is 16.9. The van der Waals surface area contributed by atoms with Crippen LogP contribution >= 0.6 is 0 Å². The molecule has 0 heterocycles. The Hall–Kier alpha value is -6.16. The van der Waals surface area contributed by atoms with Gasteiger partial charge in [0.15, 0.2) is 0 Å². The lowest BCUT2D eigenvalue weighted by Crippen LogP contribution is -2.25. The van der Waals surface area contributed by atoms with Crippen LogP contribution < -0.4 is 9.47 Å². The predicted octanol–water partition coefficient (Wildman–Crippen LogP) is 6.89. The number of hydrogen-bond acceptors (Lipinski definition) is 10. The van der Waals surface area contributed by atoms with Crippen molar-refractivity contribution in [1.29, 1.82) is 0 Å². The molecule has 2 aliphatic carbocycles. The van der Waals surface area contributed by atoms with Crippen molar-refractivity contribution in [1.82, 2.24) is 0 Å². The molecule has 0 aliphatic heterocycles. The number of ether oxygens (including phenoxy) is 6. The average molecular weight is 717 g/mol. The van der Waals surface area contributed by atoms with Gasteiger partial charge in [0.1, 0.15) is 37.9 Å². The minimum absolute atomic E-state index is 0.0644. The van der Waals surface area contributed by atoms with Crippen molar-refractivity contribution in [3.63, 3.8) is 0 Å². The Morgan fingerprint density at radius 3 is 1.34 bits per heavy atom. The van der Waals surface area contributed by atoms with Gasteiger partial charge in [-0.05, 0) is 81.6 Å². The Labute approximate surface area is 307 Å². The van der Waals surface area contributed by atoms with Crippen LogP contribution in [0.1, 0.15) is 47.9 Å². The standard InChI is InChI=1S/C43H40O10/c1-3-39(44)50-21-9-15-41(46)52-25-23-48-29-17-19-37-33(27-29)34-28-30(49-24-26-53-42(47)16-10-22-51-40(45)4-2)18-20-38(34)43(37)35-13-7-5-11-31(35)32-12-6-8-14-36(32)43/h3-8,11-14,17-20,27-28H,1-2,9-10,15-16,21-26H2. The van der Waals surface area contributed by atoms with Crippen LogP contribution in [-0.2, 0) is 43.5 Å². The largest absolute Gasteiger partial charge is 0.490 e. The van der Waals surface area contributed by atoms with E-state index in [-0.39, 0.29) is 52.5 Å². The lowest BCUT2D eigenvalue weighted by atomic mass is 9.70. The molecule has 10 nitrogen and oxygen atoms in total. The highest BCUT2D eigenvalue weighted by molar-refractivity contribution is 5.95. The van der Waals surface area contributed by atoms with Gasteiger partial charge in [0.2, 0.25) is 0 Å². The zero-order valence-corrected chi connectivity index (χ0v) is 29.3. The van der Waals surface area contributed by atoms with E-state index in [1.807, 2.05) is 24.3 Å². The van der Waals surface area contributed by atoms with Gasteiger partial charge in [-0.2, -0.15) is 0 Å². The molecule has 272 valence electrons. The number of hydrogen-bond donors (Lipinski definition) is 0. The second-order valence-corrected chi connectivity index (χ2v) is 12.3. The van der Waals surface area contributed by atoms with E-state index in [0.717, 1.165) is 34.4 Å². The molecule has 0 radical (unpaired) electrons. The van der Waals surface area contributed by atoms with Crippen molar-refractivity contribution in [2.45, 2.75) is 31.1 Å². The topological polar surface area (TPSA) is 124 Å². The normalized spacial score (nSPS) is 12.4. The van der Waals surface area contributed by atoms with Crippen molar-refractivity contribution >= 4 is 23.9 Å². The summed E-state index contributed by atoms with van der Waals surface area (Å²) in [6, 6.07) is 29.1.